The van der Waals surface area contributed by atoms with Gasteiger partial charge in [-0.05, 0) is 30.3 Å². The van der Waals surface area contributed by atoms with Gasteiger partial charge in [0.2, 0.25) is 0 Å². The molecule has 0 aliphatic heterocycles. The summed E-state index contributed by atoms with van der Waals surface area (Å²) in [7, 11) is 0. The first kappa shape index (κ1) is 15.2. The molecular formula is C18H13Cl2N3O. The second kappa shape index (κ2) is 5.96. The molecule has 2 aromatic heterocycles. The minimum absolute atomic E-state index is 0.552. The number of hydrogen-bond acceptors (Lipinski definition) is 4. The third kappa shape index (κ3) is 2.68. The molecule has 0 amide bonds. The molecule has 0 bridgehead atoms. The van der Waals surface area contributed by atoms with Crippen LogP contribution in [-0.4, -0.2) is 9.97 Å². The Morgan fingerprint density at radius 1 is 1.04 bits per heavy atom. The van der Waals surface area contributed by atoms with Crippen molar-refractivity contribution in [1.29, 1.82) is 0 Å². The van der Waals surface area contributed by atoms with Gasteiger partial charge in [0, 0.05) is 27.5 Å². The highest BCUT2D eigenvalue weighted by Crippen LogP contribution is 2.33. The van der Waals surface area contributed by atoms with Gasteiger partial charge in [-0.1, -0.05) is 42.3 Å². The fourth-order valence-electron chi connectivity index (χ4n) is 2.64. The van der Waals surface area contributed by atoms with E-state index in [0.29, 0.717) is 21.4 Å². The molecule has 0 saturated heterocycles. The van der Waals surface area contributed by atoms with Crippen molar-refractivity contribution in [2.24, 2.45) is 0 Å². The monoisotopic (exact) mass is 357 g/mol. The molecule has 24 heavy (non-hydrogen) atoms. The number of anilines is 2. The number of aromatic nitrogens is 2. The normalized spacial score (nSPS) is 11.3. The molecule has 0 unspecified atom stereocenters. The highest BCUT2D eigenvalue weighted by Gasteiger charge is 2.15. The Labute approximate surface area is 148 Å². The van der Waals surface area contributed by atoms with Gasteiger partial charge in [0.15, 0.2) is 11.4 Å². The van der Waals surface area contributed by atoms with E-state index in [9.17, 15) is 0 Å². The smallest absolute Gasteiger partial charge is 0.196 e. The van der Waals surface area contributed by atoms with Gasteiger partial charge in [-0.25, -0.2) is 9.97 Å². The summed E-state index contributed by atoms with van der Waals surface area (Å²) in [5, 5.41) is 5.32. The van der Waals surface area contributed by atoms with E-state index in [4.69, 9.17) is 27.6 Å². The van der Waals surface area contributed by atoms with Crippen molar-refractivity contribution in [2.45, 2.75) is 13.3 Å². The Morgan fingerprint density at radius 2 is 1.79 bits per heavy atom. The van der Waals surface area contributed by atoms with E-state index in [2.05, 4.69) is 15.3 Å². The average molecular weight is 358 g/mol. The zero-order valence-corrected chi connectivity index (χ0v) is 14.3. The van der Waals surface area contributed by atoms with E-state index >= 15 is 0 Å². The quantitative estimate of drug-likeness (QED) is 0.489. The van der Waals surface area contributed by atoms with Crippen LogP contribution in [0, 0.1) is 0 Å². The summed E-state index contributed by atoms with van der Waals surface area (Å²) in [5.74, 6) is 1.34. The summed E-state index contributed by atoms with van der Waals surface area (Å²) in [6.45, 7) is 2.02. The van der Waals surface area contributed by atoms with E-state index in [1.54, 1.807) is 18.2 Å². The van der Waals surface area contributed by atoms with Crippen LogP contribution in [0.1, 0.15) is 12.7 Å². The van der Waals surface area contributed by atoms with Gasteiger partial charge in [0.1, 0.15) is 16.9 Å². The van der Waals surface area contributed by atoms with Crippen LogP contribution in [0.3, 0.4) is 0 Å². The first-order chi connectivity index (χ1) is 11.6. The first-order valence-corrected chi connectivity index (χ1v) is 8.31. The van der Waals surface area contributed by atoms with Crippen molar-refractivity contribution >= 4 is 56.8 Å². The lowest BCUT2D eigenvalue weighted by atomic mass is 10.2. The summed E-state index contributed by atoms with van der Waals surface area (Å²) in [5.41, 5.74) is 2.94. The Bertz CT molecular complexity index is 1040. The molecule has 120 valence electrons. The van der Waals surface area contributed by atoms with Crippen molar-refractivity contribution < 1.29 is 4.42 Å². The van der Waals surface area contributed by atoms with Crippen LogP contribution < -0.4 is 5.32 Å². The minimum atomic E-state index is 0.552. The highest BCUT2D eigenvalue weighted by molar-refractivity contribution is 6.35. The lowest BCUT2D eigenvalue weighted by Gasteiger charge is -2.08. The van der Waals surface area contributed by atoms with E-state index in [-0.39, 0.29) is 0 Å². The Morgan fingerprint density at radius 3 is 2.54 bits per heavy atom. The van der Waals surface area contributed by atoms with Crippen LogP contribution in [0.2, 0.25) is 10.0 Å². The number of aryl methyl sites for hydroxylation is 1. The van der Waals surface area contributed by atoms with Crippen molar-refractivity contribution in [1.82, 2.24) is 9.97 Å². The Hall–Kier alpha value is -2.30. The molecule has 0 atom stereocenters. The van der Waals surface area contributed by atoms with Crippen molar-refractivity contribution in [3.8, 4) is 0 Å². The predicted octanol–water partition coefficient (Wildman–Crippen LogP) is 5.99. The molecule has 2 aromatic carbocycles. The van der Waals surface area contributed by atoms with Crippen LogP contribution in [0.4, 0.5) is 11.5 Å². The zero-order chi connectivity index (χ0) is 16.7. The maximum atomic E-state index is 6.08. The fraction of sp³-hybridized carbons (Fsp3) is 0.111. The number of furan rings is 1. The van der Waals surface area contributed by atoms with Gasteiger partial charge in [0.25, 0.3) is 0 Å². The molecule has 0 fully saturated rings. The summed E-state index contributed by atoms with van der Waals surface area (Å²) < 4.78 is 5.96. The summed E-state index contributed by atoms with van der Waals surface area (Å²) in [4.78, 5) is 9.19. The van der Waals surface area contributed by atoms with Crippen molar-refractivity contribution in [3.05, 3.63) is 58.3 Å². The number of hydrogen-bond donors (Lipinski definition) is 1. The Kier molecular flexibility index (Phi) is 3.79. The van der Waals surface area contributed by atoms with Gasteiger partial charge >= 0.3 is 0 Å². The van der Waals surface area contributed by atoms with Crippen molar-refractivity contribution in [3.63, 3.8) is 0 Å². The fourth-order valence-corrected chi connectivity index (χ4v) is 3.17. The van der Waals surface area contributed by atoms with Crippen LogP contribution in [0.15, 0.2) is 46.9 Å². The number of para-hydroxylation sites is 1. The third-order valence-electron chi connectivity index (χ3n) is 3.71. The maximum absolute atomic E-state index is 6.08. The van der Waals surface area contributed by atoms with Crippen LogP contribution in [0.5, 0.6) is 0 Å². The van der Waals surface area contributed by atoms with Gasteiger partial charge < -0.3 is 9.73 Å². The van der Waals surface area contributed by atoms with Crippen LogP contribution in [-0.2, 0) is 6.42 Å². The summed E-state index contributed by atoms with van der Waals surface area (Å²) in [6.07, 6.45) is 0.723. The molecular weight excluding hydrogens is 345 g/mol. The Balaban J connectivity index is 1.93. The summed E-state index contributed by atoms with van der Waals surface area (Å²) >= 11 is 12.2. The van der Waals surface area contributed by atoms with Gasteiger partial charge in [-0.15, -0.1) is 0 Å². The molecule has 0 radical (unpaired) electrons. The number of nitrogens with zero attached hydrogens (tertiary/aromatic N) is 2. The standard InChI is InChI=1S/C18H13Cl2N3O/c1-2-15-22-16-13-5-3-4-6-14(13)24-17(16)18(23-15)21-12-8-10(19)7-11(20)9-12/h3-9H,2H2,1H3,(H,21,22,23). The molecule has 4 aromatic rings. The third-order valence-corrected chi connectivity index (χ3v) is 4.14. The van der Waals surface area contributed by atoms with E-state index in [0.717, 1.165) is 34.4 Å². The molecule has 0 aliphatic rings. The predicted molar refractivity (Wildman–Crippen MR) is 98.4 cm³/mol. The lowest BCUT2D eigenvalue weighted by molar-refractivity contribution is 0.666. The zero-order valence-electron chi connectivity index (χ0n) is 12.8. The van der Waals surface area contributed by atoms with Gasteiger partial charge in [-0.2, -0.15) is 0 Å². The number of rotatable bonds is 3. The van der Waals surface area contributed by atoms with Gasteiger partial charge in [-0.3, -0.25) is 0 Å². The number of fused-ring (bicyclic) bond motifs is 3. The topological polar surface area (TPSA) is 51.0 Å². The van der Waals surface area contributed by atoms with E-state index in [1.165, 1.54) is 0 Å². The van der Waals surface area contributed by atoms with Gasteiger partial charge in [0.05, 0.1) is 0 Å². The maximum Gasteiger partial charge on any atom is 0.196 e. The second-order valence-corrected chi connectivity index (χ2v) is 6.27. The SMILES string of the molecule is CCc1nc(Nc2cc(Cl)cc(Cl)c2)c2oc3ccccc3c2n1. The number of nitrogens with one attached hydrogen (secondary N) is 1. The molecule has 0 saturated carbocycles. The molecule has 0 spiro atoms. The average Bonchev–Trinajstić information content (AvgIpc) is 2.93. The van der Waals surface area contributed by atoms with E-state index in [1.807, 2.05) is 31.2 Å². The van der Waals surface area contributed by atoms with E-state index < -0.39 is 0 Å². The molecule has 1 N–H and O–H groups in total. The molecule has 0 aliphatic carbocycles. The van der Waals surface area contributed by atoms with Crippen LogP contribution >= 0.6 is 23.2 Å². The molecule has 6 heteroatoms. The molecule has 4 nitrogen and oxygen atoms in total. The molecule has 2 heterocycles. The first-order valence-electron chi connectivity index (χ1n) is 7.55. The number of halogens is 2. The largest absolute Gasteiger partial charge is 0.450 e. The van der Waals surface area contributed by atoms with Crippen LogP contribution in [0.25, 0.3) is 22.1 Å². The van der Waals surface area contributed by atoms with Crippen molar-refractivity contribution in [2.75, 3.05) is 5.32 Å². The summed E-state index contributed by atoms with van der Waals surface area (Å²) in [6, 6.07) is 13.1. The molecule has 4 rings (SSSR count). The second-order valence-electron chi connectivity index (χ2n) is 5.40. The number of benzene rings is 2. The lowest BCUT2D eigenvalue weighted by Crippen LogP contribution is -2.00. The highest BCUT2D eigenvalue weighted by atomic mass is 35.5. The minimum Gasteiger partial charge on any atom is -0.450 e.